The maximum atomic E-state index is 4.55. The SMILES string of the molecule is CC(C)c1cc(Nc2ccn(Cc3ccccn3)n2)n2ncnc2n1. The second-order valence-electron chi connectivity index (χ2n) is 6.04. The molecule has 4 aromatic rings. The van der Waals surface area contributed by atoms with Crippen LogP contribution < -0.4 is 5.32 Å². The maximum absolute atomic E-state index is 4.55. The Labute approximate surface area is 144 Å². The molecule has 0 amide bonds. The average Bonchev–Trinajstić information content (AvgIpc) is 3.25. The van der Waals surface area contributed by atoms with E-state index in [0.717, 1.165) is 23.0 Å². The van der Waals surface area contributed by atoms with Crippen molar-refractivity contribution >= 4 is 17.4 Å². The van der Waals surface area contributed by atoms with E-state index < -0.39 is 0 Å². The third-order valence-corrected chi connectivity index (χ3v) is 3.81. The second kappa shape index (κ2) is 6.31. The summed E-state index contributed by atoms with van der Waals surface area (Å²) in [7, 11) is 0. The molecule has 0 radical (unpaired) electrons. The zero-order chi connectivity index (χ0) is 17.2. The number of aromatic nitrogens is 7. The van der Waals surface area contributed by atoms with Crippen LogP contribution in [0, 0.1) is 0 Å². The quantitative estimate of drug-likeness (QED) is 0.604. The Bertz CT molecular complexity index is 986. The lowest BCUT2D eigenvalue weighted by molar-refractivity contribution is 0.675. The van der Waals surface area contributed by atoms with Crippen LogP contribution in [0.25, 0.3) is 5.78 Å². The molecule has 8 heteroatoms. The summed E-state index contributed by atoms with van der Waals surface area (Å²) in [6.07, 6.45) is 5.20. The van der Waals surface area contributed by atoms with E-state index in [4.69, 9.17) is 0 Å². The zero-order valence-electron chi connectivity index (χ0n) is 14.0. The number of rotatable bonds is 5. The summed E-state index contributed by atoms with van der Waals surface area (Å²) < 4.78 is 3.51. The Balaban J connectivity index is 1.60. The Kier molecular flexibility index (Phi) is 3.85. The third-order valence-electron chi connectivity index (χ3n) is 3.81. The minimum Gasteiger partial charge on any atom is -0.323 e. The van der Waals surface area contributed by atoms with Gasteiger partial charge in [0.25, 0.3) is 5.78 Å². The van der Waals surface area contributed by atoms with Gasteiger partial charge in [0.1, 0.15) is 12.1 Å². The molecule has 0 aliphatic rings. The molecule has 4 rings (SSSR count). The van der Waals surface area contributed by atoms with Gasteiger partial charge in [0.2, 0.25) is 0 Å². The summed E-state index contributed by atoms with van der Waals surface area (Å²) in [5, 5.41) is 12.1. The smallest absolute Gasteiger partial charge is 0.254 e. The van der Waals surface area contributed by atoms with Gasteiger partial charge in [-0.2, -0.15) is 19.7 Å². The van der Waals surface area contributed by atoms with E-state index in [-0.39, 0.29) is 0 Å². The lowest BCUT2D eigenvalue weighted by Gasteiger charge is -2.09. The molecule has 0 bridgehead atoms. The fraction of sp³-hybridized carbons (Fsp3) is 0.235. The van der Waals surface area contributed by atoms with Gasteiger partial charge in [0.15, 0.2) is 5.82 Å². The van der Waals surface area contributed by atoms with E-state index in [0.29, 0.717) is 18.2 Å². The molecule has 1 N–H and O–H groups in total. The van der Waals surface area contributed by atoms with E-state index in [9.17, 15) is 0 Å². The van der Waals surface area contributed by atoms with Gasteiger partial charge in [-0.25, -0.2) is 4.98 Å². The molecule has 4 heterocycles. The summed E-state index contributed by atoms with van der Waals surface area (Å²) in [5.41, 5.74) is 1.91. The highest BCUT2D eigenvalue weighted by Gasteiger charge is 2.11. The summed E-state index contributed by atoms with van der Waals surface area (Å²) in [6.45, 7) is 4.82. The predicted molar refractivity (Wildman–Crippen MR) is 93.7 cm³/mol. The first-order valence-corrected chi connectivity index (χ1v) is 8.10. The first kappa shape index (κ1) is 15.3. The molecule has 0 aliphatic carbocycles. The number of pyridine rings is 1. The molecule has 4 aromatic heterocycles. The third kappa shape index (κ3) is 3.18. The van der Waals surface area contributed by atoms with Crippen LogP contribution in [0.5, 0.6) is 0 Å². The highest BCUT2D eigenvalue weighted by Crippen LogP contribution is 2.20. The summed E-state index contributed by atoms with van der Waals surface area (Å²) in [5.74, 6) is 2.38. The normalized spacial score (nSPS) is 11.3. The van der Waals surface area contributed by atoms with E-state index in [1.54, 1.807) is 10.7 Å². The standard InChI is InChI=1S/C17H18N8/c1-12(2)14-9-16(25-17(21-14)19-11-20-25)22-15-6-8-24(23-15)10-13-5-3-4-7-18-13/h3-9,11-12H,10H2,1-2H3,(H,22,23). The highest BCUT2D eigenvalue weighted by molar-refractivity contribution is 5.55. The van der Waals surface area contributed by atoms with E-state index >= 15 is 0 Å². The molecular formula is C17H18N8. The van der Waals surface area contributed by atoms with E-state index in [2.05, 4.69) is 44.3 Å². The van der Waals surface area contributed by atoms with Gasteiger partial charge in [0, 0.05) is 24.5 Å². The van der Waals surface area contributed by atoms with Gasteiger partial charge < -0.3 is 5.32 Å². The number of hydrogen-bond donors (Lipinski definition) is 1. The number of nitrogens with one attached hydrogen (secondary N) is 1. The number of nitrogens with zero attached hydrogens (tertiary/aromatic N) is 7. The van der Waals surface area contributed by atoms with Crippen molar-refractivity contribution in [1.82, 2.24) is 34.3 Å². The largest absolute Gasteiger partial charge is 0.323 e. The predicted octanol–water partition coefficient (Wildman–Crippen LogP) is 2.63. The van der Waals surface area contributed by atoms with Crippen LogP contribution in [0.3, 0.4) is 0 Å². The monoisotopic (exact) mass is 334 g/mol. The maximum Gasteiger partial charge on any atom is 0.254 e. The minimum absolute atomic E-state index is 0.295. The van der Waals surface area contributed by atoms with Crippen molar-refractivity contribution in [3.8, 4) is 0 Å². The molecule has 0 spiro atoms. The van der Waals surface area contributed by atoms with E-state index in [1.165, 1.54) is 6.33 Å². The molecule has 0 atom stereocenters. The van der Waals surface area contributed by atoms with Crippen molar-refractivity contribution in [2.45, 2.75) is 26.3 Å². The van der Waals surface area contributed by atoms with Crippen molar-refractivity contribution in [1.29, 1.82) is 0 Å². The van der Waals surface area contributed by atoms with Gasteiger partial charge >= 0.3 is 0 Å². The molecule has 0 aliphatic heterocycles. The van der Waals surface area contributed by atoms with Crippen molar-refractivity contribution in [2.75, 3.05) is 5.32 Å². The molecule has 0 saturated heterocycles. The van der Waals surface area contributed by atoms with Crippen molar-refractivity contribution in [3.05, 3.63) is 60.4 Å². The van der Waals surface area contributed by atoms with Crippen LogP contribution >= 0.6 is 0 Å². The van der Waals surface area contributed by atoms with E-state index in [1.807, 2.05) is 41.2 Å². The van der Waals surface area contributed by atoms with Gasteiger partial charge in [-0.3, -0.25) is 9.67 Å². The van der Waals surface area contributed by atoms with Gasteiger partial charge in [-0.05, 0) is 18.1 Å². The Hall–Kier alpha value is -3.29. The summed E-state index contributed by atoms with van der Waals surface area (Å²) in [4.78, 5) is 13.0. The second-order valence-corrected chi connectivity index (χ2v) is 6.04. The fourth-order valence-corrected chi connectivity index (χ4v) is 2.52. The van der Waals surface area contributed by atoms with Crippen LogP contribution in [-0.2, 0) is 6.54 Å². The lowest BCUT2D eigenvalue weighted by atomic mass is 10.1. The highest BCUT2D eigenvalue weighted by atomic mass is 15.4. The molecule has 0 saturated carbocycles. The molecule has 126 valence electrons. The molecule has 25 heavy (non-hydrogen) atoms. The minimum atomic E-state index is 0.295. The van der Waals surface area contributed by atoms with Gasteiger partial charge in [-0.15, -0.1) is 0 Å². The Morgan fingerprint density at radius 1 is 1.16 bits per heavy atom. The Morgan fingerprint density at radius 2 is 2.08 bits per heavy atom. The Morgan fingerprint density at radius 3 is 2.88 bits per heavy atom. The number of hydrogen-bond acceptors (Lipinski definition) is 6. The van der Waals surface area contributed by atoms with Gasteiger partial charge in [-0.1, -0.05) is 19.9 Å². The lowest BCUT2D eigenvalue weighted by Crippen LogP contribution is -2.06. The first-order chi connectivity index (χ1) is 12.2. The number of fused-ring (bicyclic) bond motifs is 1. The zero-order valence-corrected chi connectivity index (χ0v) is 14.0. The van der Waals surface area contributed by atoms with Crippen molar-refractivity contribution in [3.63, 3.8) is 0 Å². The molecule has 0 fully saturated rings. The van der Waals surface area contributed by atoms with Crippen molar-refractivity contribution in [2.24, 2.45) is 0 Å². The van der Waals surface area contributed by atoms with Crippen molar-refractivity contribution < 1.29 is 0 Å². The van der Waals surface area contributed by atoms with Crippen LogP contribution in [0.2, 0.25) is 0 Å². The molecule has 0 unspecified atom stereocenters. The van der Waals surface area contributed by atoms with Crippen LogP contribution in [-0.4, -0.2) is 34.3 Å². The van der Waals surface area contributed by atoms with Crippen LogP contribution in [0.4, 0.5) is 11.6 Å². The fourth-order valence-electron chi connectivity index (χ4n) is 2.52. The summed E-state index contributed by atoms with van der Waals surface area (Å²) in [6, 6.07) is 9.74. The van der Waals surface area contributed by atoms with Crippen LogP contribution in [0.1, 0.15) is 31.2 Å². The first-order valence-electron chi connectivity index (χ1n) is 8.10. The summed E-state index contributed by atoms with van der Waals surface area (Å²) >= 11 is 0. The topological polar surface area (TPSA) is 85.8 Å². The molecule has 0 aromatic carbocycles. The van der Waals surface area contributed by atoms with Gasteiger partial charge in [0.05, 0.1) is 17.9 Å². The number of anilines is 2. The molecular weight excluding hydrogens is 316 g/mol. The molecule has 8 nitrogen and oxygen atoms in total. The van der Waals surface area contributed by atoms with Crippen LogP contribution in [0.15, 0.2) is 49.1 Å². The average molecular weight is 334 g/mol.